The molecule has 1 rings (SSSR count). The van der Waals surface area contributed by atoms with Gasteiger partial charge in [-0.1, -0.05) is 13.0 Å². The lowest BCUT2D eigenvalue weighted by Gasteiger charge is -2.25. The van der Waals surface area contributed by atoms with Crippen molar-refractivity contribution in [2.75, 3.05) is 13.1 Å². The Hall–Kier alpha value is -0.690. The number of thiophene rings is 1. The summed E-state index contributed by atoms with van der Waals surface area (Å²) in [4.78, 5) is 1.33. The predicted molar refractivity (Wildman–Crippen MR) is 85.7 cm³/mol. The maximum atomic E-state index is 12.9. The molecule has 6 heteroatoms. The van der Waals surface area contributed by atoms with Gasteiger partial charge in [-0.2, -0.15) is 4.31 Å². The highest BCUT2D eigenvalue weighted by molar-refractivity contribution is 7.89. The first-order valence-electron chi connectivity index (χ1n) is 6.76. The van der Waals surface area contributed by atoms with Crippen molar-refractivity contribution in [3.63, 3.8) is 0 Å². The molecule has 0 aliphatic carbocycles. The Balaban J connectivity index is 3.26. The number of aryl methyl sites for hydroxylation is 1. The molecule has 0 fully saturated rings. The Kier molecular flexibility index (Phi) is 6.39. The number of sulfonamides is 1. The summed E-state index contributed by atoms with van der Waals surface area (Å²) in [5.41, 5.74) is 0.817. The van der Waals surface area contributed by atoms with Crippen molar-refractivity contribution >= 4 is 21.4 Å². The van der Waals surface area contributed by atoms with Gasteiger partial charge >= 0.3 is 0 Å². The molecule has 20 heavy (non-hydrogen) atoms. The van der Waals surface area contributed by atoms with Crippen LogP contribution in [0.1, 0.15) is 31.2 Å². The normalized spacial score (nSPS) is 12.3. The Morgan fingerprint density at radius 3 is 2.65 bits per heavy atom. The van der Waals surface area contributed by atoms with Crippen molar-refractivity contribution in [1.82, 2.24) is 9.62 Å². The zero-order valence-electron chi connectivity index (χ0n) is 12.6. The van der Waals surface area contributed by atoms with Crippen LogP contribution in [0.15, 0.2) is 22.9 Å². The second-order valence-electron chi connectivity index (χ2n) is 4.91. The molecule has 1 aromatic heterocycles. The lowest BCUT2D eigenvalue weighted by atomic mass is 10.3. The van der Waals surface area contributed by atoms with Crippen LogP contribution in [-0.2, 0) is 16.6 Å². The molecule has 1 heterocycles. The van der Waals surface area contributed by atoms with E-state index in [9.17, 15) is 8.42 Å². The molecule has 0 saturated heterocycles. The predicted octanol–water partition coefficient (Wildman–Crippen LogP) is 2.75. The number of nitrogens with zero attached hydrogens (tertiary/aromatic N) is 1. The molecule has 0 radical (unpaired) electrons. The standard InChI is InChI=1S/C14H24N2O2S2/c1-6-8-16(11(3)4)20(17,18)14-12(5)10-19-13(14)9-15-7-2/h6,10-11,15H,1,7-9H2,2-5H3. The number of hydrogen-bond acceptors (Lipinski definition) is 4. The summed E-state index contributed by atoms with van der Waals surface area (Å²) in [5.74, 6) is 0. The fourth-order valence-corrected chi connectivity index (χ4v) is 5.37. The van der Waals surface area contributed by atoms with Crippen LogP contribution in [0.2, 0.25) is 0 Å². The van der Waals surface area contributed by atoms with E-state index in [1.165, 1.54) is 15.6 Å². The smallest absolute Gasteiger partial charge is 0.245 e. The fraction of sp³-hybridized carbons (Fsp3) is 0.571. The molecule has 0 atom stereocenters. The van der Waals surface area contributed by atoms with Crippen LogP contribution in [0.5, 0.6) is 0 Å². The second-order valence-corrected chi connectivity index (χ2v) is 7.70. The minimum atomic E-state index is -3.48. The van der Waals surface area contributed by atoms with E-state index in [1.807, 2.05) is 33.1 Å². The quantitative estimate of drug-likeness (QED) is 0.750. The molecule has 114 valence electrons. The van der Waals surface area contributed by atoms with Crippen molar-refractivity contribution in [1.29, 1.82) is 0 Å². The van der Waals surface area contributed by atoms with Crippen molar-refractivity contribution < 1.29 is 8.42 Å². The summed E-state index contributed by atoms with van der Waals surface area (Å²) in [6, 6.07) is -0.0933. The Labute approximate surface area is 126 Å². The summed E-state index contributed by atoms with van der Waals surface area (Å²) in [5, 5.41) is 5.11. The average Bonchev–Trinajstić information content (AvgIpc) is 2.74. The van der Waals surface area contributed by atoms with Gasteiger partial charge in [0.2, 0.25) is 10.0 Å². The zero-order valence-corrected chi connectivity index (χ0v) is 14.3. The topological polar surface area (TPSA) is 49.4 Å². The van der Waals surface area contributed by atoms with Crippen LogP contribution in [-0.4, -0.2) is 31.9 Å². The molecule has 0 saturated carbocycles. The highest BCUT2D eigenvalue weighted by Gasteiger charge is 2.30. The number of rotatable bonds is 8. The van der Waals surface area contributed by atoms with Crippen LogP contribution in [0.25, 0.3) is 0 Å². The fourth-order valence-electron chi connectivity index (χ4n) is 2.03. The molecule has 0 bridgehead atoms. The minimum absolute atomic E-state index is 0.0933. The highest BCUT2D eigenvalue weighted by atomic mass is 32.2. The third-order valence-electron chi connectivity index (χ3n) is 2.98. The first-order chi connectivity index (χ1) is 9.36. The molecular weight excluding hydrogens is 292 g/mol. The molecule has 0 aliphatic heterocycles. The maximum absolute atomic E-state index is 12.9. The average molecular weight is 316 g/mol. The monoisotopic (exact) mass is 316 g/mol. The van der Waals surface area contributed by atoms with Gasteiger partial charge < -0.3 is 5.32 Å². The van der Waals surface area contributed by atoms with Crippen molar-refractivity contribution in [2.24, 2.45) is 0 Å². The Morgan fingerprint density at radius 1 is 1.50 bits per heavy atom. The Bertz CT molecular complexity index is 548. The molecule has 1 aromatic rings. The molecule has 0 spiro atoms. The van der Waals surface area contributed by atoms with E-state index in [4.69, 9.17) is 0 Å². The van der Waals surface area contributed by atoms with E-state index >= 15 is 0 Å². The first kappa shape index (κ1) is 17.4. The van der Waals surface area contributed by atoms with Crippen molar-refractivity contribution in [2.45, 2.75) is 45.2 Å². The second kappa shape index (κ2) is 7.36. The van der Waals surface area contributed by atoms with Crippen molar-refractivity contribution in [3.05, 3.63) is 28.5 Å². The summed E-state index contributed by atoms with van der Waals surface area (Å²) < 4.78 is 27.3. The van der Waals surface area contributed by atoms with E-state index in [0.29, 0.717) is 18.0 Å². The SMILES string of the molecule is C=CCN(C(C)C)S(=O)(=O)c1c(C)csc1CNCC. The number of nitrogens with one attached hydrogen (secondary N) is 1. The van der Waals surface area contributed by atoms with Crippen LogP contribution >= 0.6 is 11.3 Å². The third kappa shape index (κ3) is 3.69. The summed E-state index contributed by atoms with van der Waals surface area (Å²) in [6.07, 6.45) is 1.63. The number of hydrogen-bond donors (Lipinski definition) is 1. The first-order valence-corrected chi connectivity index (χ1v) is 9.08. The van der Waals surface area contributed by atoms with Gasteiger partial charge in [0, 0.05) is 24.0 Å². The molecule has 0 aliphatic rings. The highest BCUT2D eigenvalue weighted by Crippen LogP contribution is 2.30. The van der Waals surface area contributed by atoms with Gasteiger partial charge in [0.25, 0.3) is 0 Å². The van der Waals surface area contributed by atoms with Crippen LogP contribution in [0, 0.1) is 6.92 Å². The minimum Gasteiger partial charge on any atom is -0.312 e. The largest absolute Gasteiger partial charge is 0.312 e. The maximum Gasteiger partial charge on any atom is 0.245 e. The van der Waals surface area contributed by atoms with E-state index in [2.05, 4.69) is 11.9 Å². The molecule has 1 N–H and O–H groups in total. The van der Waals surface area contributed by atoms with Gasteiger partial charge in [-0.25, -0.2) is 8.42 Å². The molecule has 0 amide bonds. The zero-order chi connectivity index (χ0) is 15.3. The Morgan fingerprint density at radius 2 is 2.15 bits per heavy atom. The van der Waals surface area contributed by atoms with E-state index in [0.717, 1.165) is 17.0 Å². The van der Waals surface area contributed by atoms with Crippen LogP contribution in [0.3, 0.4) is 0 Å². The van der Waals surface area contributed by atoms with Crippen LogP contribution < -0.4 is 5.32 Å². The summed E-state index contributed by atoms with van der Waals surface area (Å²) in [7, 11) is -3.48. The third-order valence-corrected chi connectivity index (χ3v) is 6.48. The summed E-state index contributed by atoms with van der Waals surface area (Å²) >= 11 is 1.50. The lowest BCUT2D eigenvalue weighted by Crippen LogP contribution is -2.37. The molecule has 0 aromatic carbocycles. The van der Waals surface area contributed by atoms with Gasteiger partial charge in [-0.05, 0) is 38.3 Å². The summed E-state index contributed by atoms with van der Waals surface area (Å²) in [6.45, 7) is 13.0. The van der Waals surface area contributed by atoms with Crippen LogP contribution in [0.4, 0.5) is 0 Å². The van der Waals surface area contributed by atoms with Gasteiger partial charge in [-0.15, -0.1) is 17.9 Å². The van der Waals surface area contributed by atoms with Gasteiger partial charge in [-0.3, -0.25) is 0 Å². The molecule has 4 nitrogen and oxygen atoms in total. The molecular formula is C14H24N2O2S2. The van der Waals surface area contributed by atoms with Crippen molar-refractivity contribution in [3.8, 4) is 0 Å². The van der Waals surface area contributed by atoms with Gasteiger partial charge in [0.15, 0.2) is 0 Å². The van der Waals surface area contributed by atoms with Gasteiger partial charge in [0.1, 0.15) is 4.90 Å². The van der Waals surface area contributed by atoms with E-state index < -0.39 is 10.0 Å². The van der Waals surface area contributed by atoms with Gasteiger partial charge in [0.05, 0.1) is 0 Å². The lowest BCUT2D eigenvalue weighted by molar-refractivity contribution is 0.382. The van der Waals surface area contributed by atoms with E-state index in [1.54, 1.807) is 6.08 Å². The van der Waals surface area contributed by atoms with E-state index in [-0.39, 0.29) is 6.04 Å². The molecule has 0 unspecified atom stereocenters.